The van der Waals surface area contributed by atoms with Crippen LogP contribution < -0.4 is 5.32 Å². The third-order valence-electron chi connectivity index (χ3n) is 6.58. The van der Waals surface area contributed by atoms with Gasteiger partial charge in [0.2, 0.25) is 5.91 Å². The van der Waals surface area contributed by atoms with E-state index in [0.717, 1.165) is 22.5 Å². The fraction of sp³-hybridized carbons (Fsp3) is 0.346. The Morgan fingerprint density at radius 3 is 2.48 bits per heavy atom. The molecule has 0 aliphatic carbocycles. The number of nitrogens with one attached hydrogen (secondary N) is 1. The van der Waals surface area contributed by atoms with E-state index in [4.69, 9.17) is 4.74 Å². The normalized spacial score (nSPS) is 18.6. The number of anilines is 1. The molecule has 3 heterocycles. The van der Waals surface area contributed by atoms with Crippen LogP contribution >= 0.6 is 0 Å². The van der Waals surface area contributed by atoms with Gasteiger partial charge in [0.15, 0.2) is 5.69 Å². The van der Waals surface area contributed by atoms with E-state index >= 15 is 0 Å². The van der Waals surface area contributed by atoms with Crippen LogP contribution in [-0.2, 0) is 22.7 Å². The Hall–Kier alpha value is -3.45. The number of imidazole rings is 1. The molecular weight excluding hydrogens is 416 g/mol. The number of ether oxygens (including phenoxy) is 1. The fourth-order valence-electron chi connectivity index (χ4n) is 4.55. The molecule has 3 aromatic rings. The first kappa shape index (κ1) is 21.4. The van der Waals surface area contributed by atoms with Gasteiger partial charge in [-0.25, -0.2) is 4.98 Å². The molecule has 0 saturated carbocycles. The Bertz CT molecular complexity index is 1130. The van der Waals surface area contributed by atoms with Crippen LogP contribution in [0.15, 0.2) is 60.9 Å². The van der Waals surface area contributed by atoms with E-state index in [-0.39, 0.29) is 23.8 Å². The van der Waals surface area contributed by atoms with Crippen molar-refractivity contribution in [2.45, 2.75) is 39.0 Å². The Kier molecular flexibility index (Phi) is 5.96. The molecule has 33 heavy (non-hydrogen) atoms. The maximum absolute atomic E-state index is 13.2. The lowest BCUT2D eigenvalue weighted by molar-refractivity contribution is -0.121. The smallest absolute Gasteiger partial charge is 0.274 e. The van der Waals surface area contributed by atoms with E-state index in [1.807, 2.05) is 58.9 Å². The zero-order valence-corrected chi connectivity index (χ0v) is 18.7. The van der Waals surface area contributed by atoms with Crippen molar-refractivity contribution >= 4 is 17.5 Å². The van der Waals surface area contributed by atoms with Crippen LogP contribution in [0.3, 0.4) is 0 Å². The fourth-order valence-corrected chi connectivity index (χ4v) is 4.55. The number of likely N-dealkylation sites (tertiary alicyclic amines) is 1. The van der Waals surface area contributed by atoms with Crippen molar-refractivity contribution in [3.05, 3.63) is 83.4 Å². The highest BCUT2D eigenvalue weighted by Crippen LogP contribution is 2.29. The summed E-state index contributed by atoms with van der Waals surface area (Å²) in [7, 11) is 0. The summed E-state index contributed by atoms with van der Waals surface area (Å²) in [6.07, 6.45) is 2.99. The number of fused-ring (bicyclic) bond motifs is 1. The van der Waals surface area contributed by atoms with Crippen LogP contribution in [0.2, 0.25) is 0 Å². The number of aromatic nitrogens is 2. The molecule has 2 amide bonds. The van der Waals surface area contributed by atoms with E-state index < -0.39 is 0 Å². The van der Waals surface area contributed by atoms with Crippen molar-refractivity contribution < 1.29 is 14.3 Å². The molecule has 170 valence electrons. The molecule has 0 radical (unpaired) electrons. The number of nitrogens with zero attached hydrogens (tertiary/aromatic N) is 3. The summed E-state index contributed by atoms with van der Waals surface area (Å²) in [6.45, 7) is 4.11. The van der Waals surface area contributed by atoms with Gasteiger partial charge in [-0.05, 0) is 37.5 Å². The summed E-state index contributed by atoms with van der Waals surface area (Å²) in [5.74, 6) is -0.158. The highest BCUT2D eigenvalue weighted by molar-refractivity contribution is 5.95. The SMILES string of the molecule is Cc1ccc(NC(=O)C2CCN(C(=O)c3ncn4c3COC(c3ccccc3)C4)CC2)cc1. The van der Waals surface area contributed by atoms with Crippen molar-refractivity contribution in [3.63, 3.8) is 0 Å². The van der Waals surface area contributed by atoms with E-state index in [0.29, 0.717) is 44.8 Å². The summed E-state index contributed by atoms with van der Waals surface area (Å²) in [6, 6.07) is 17.9. The third-order valence-corrected chi connectivity index (χ3v) is 6.58. The molecule has 2 aromatic carbocycles. The van der Waals surface area contributed by atoms with E-state index in [1.54, 1.807) is 6.33 Å². The highest BCUT2D eigenvalue weighted by Gasteiger charge is 2.32. The van der Waals surface area contributed by atoms with Gasteiger partial charge in [0.05, 0.1) is 25.2 Å². The maximum Gasteiger partial charge on any atom is 0.274 e. The molecule has 0 bridgehead atoms. The van der Waals surface area contributed by atoms with Gasteiger partial charge in [-0.15, -0.1) is 0 Å². The lowest BCUT2D eigenvalue weighted by Gasteiger charge is -2.31. The summed E-state index contributed by atoms with van der Waals surface area (Å²) in [5.41, 5.74) is 4.37. The number of piperidine rings is 1. The van der Waals surface area contributed by atoms with E-state index in [2.05, 4.69) is 22.4 Å². The number of hydrogen-bond donors (Lipinski definition) is 1. The number of aryl methyl sites for hydroxylation is 1. The van der Waals surface area contributed by atoms with Crippen molar-refractivity contribution in [1.29, 1.82) is 0 Å². The number of benzene rings is 2. The molecular formula is C26H28N4O3. The second-order valence-corrected chi connectivity index (χ2v) is 8.82. The van der Waals surface area contributed by atoms with Gasteiger partial charge in [-0.3, -0.25) is 9.59 Å². The Balaban J connectivity index is 1.18. The molecule has 2 aliphatic heterocycles. The van der Waals surface area contributed by atoms with Gasteiger partial charge in [-0.2, -0.15) is 0 Å². The Morgan fingerprint density at radius 2 is 1.76 bits per heavy atom. The van der Waals surface area contributed by atoms with Gasteiger partial charge in [0, 0.05) is 24.7 Å². The number of rotatable bonds is 4. The monoisotopic (exact) mass is 444 g/mol. The Morgan fingerprint density at radius 1 is 1.03 bits per heavy atom. The van der Waals surface area contributed by atoms with Crippen LogP contribution in [0.5, 0.6) is 0 Å². The number of hydrogen-bond acceptors (Lipinski definition) is 4. The van der Waals surface area contributed by atoms with Crippen LogP contribution in [0.4, 0.5) is 5.69 Å². The molecule has 1 atom stereocenters. The van der Waals surface area contributed by atoms with Gasteiger partial charge in [0.25, 0.3) is 5.91 Å². The number of amides is 2. The first-order valence-corrected chi connectivity index (χ1v) is 11.5. The number of carbonyl (C=O) groups excluding carboxylic acids is 2. The average molecular weight is 445 g/mol. The molecule has 5 rings (SSSR count). The van der Waals surface area contributed by atoms with Gasteiger partial charge in [-0.1, -0.05) is 48.0 Å². The van der Waals surface area contributed by atoms with Gasteiger partial charge in [0.1, 0.15) is 6.10 Å². The molecule has 7 nitrogen and oxygen atoms in total. The number of carbonyl (C=O) groups is 2. The maximum atomic E-state index is 13.2. The first-order valence-electron chi connectivity index (χ1n) is 11.5. The quantitative estimate of drug-likeness (QED) is 0.661. The first-order chi connectivity index (χ1) is 16.1. The van der Waals surface area contributed by atoms with E-state index in [9.17, 15) is 9.59 Å². The standard InChI is InChI=1S/C26H28N4O3/c1-18-7-9-21(10-8-18)28-25(31)20-11-13-29(14-12-20)26(32)24-22-16-33-23(15-30(22)17-27-24)19-5-3-2-4-6-19/h2-10,17,20,23H,11-16H2,1H3,(H,28,31). The minimum absolute atomic E-state index is 0.0191. The van der Waals surface area contributed by atoms with Crippen molar-refractivity contribution in [3.8, 4) is 0 Å². The molecule has 0 spiro atoms. The zero-order chi connectivity index (χ0) is 22.8. The minimum atomic E-state index is -0.0961. The molecule has 2 aliphatic rings. The predicted molar refractivity (Wildman–Crippen MR) is 125 cm³/mol. The van der Waals surface area contributed by atoms with E-state index in [1.165, 1.54) is 0 Å². The Labute approximate surface area is 193 Å². The van der Waals surface area contributed by atoms with Crippen molar-refractivity contribution in [2.75, 3.05) is 18.4 Å². The molecule has 1 saturated heterocycles. The predicted octanol–water partition coefficient (Wildman–Crippen LogP) is 3.95. The average Bonchev–Trinajstić information content (AvgIpc) is 3.29. The zero-order valence-electron chi connectivity index (χ0n) is 18.7. The molecule has 1 aromatic heterocycles. The summed E-state index contributed by atoms with van der Waals surface area (Å²) < 4.78 is 8.08. The van der Waals surface area contributed by atoms with Crippen LogP contribution in [-0.4, -0.2) is 39.4 Å². The molecule has 7 heteroatoms. The van der Waals surface area contributed by atoms with Gasteiger partial charge < -0.3 is 19.5 Å². The van der Waals surface area contributed by atoms with Crippen LogP contribution in [0.1, 0.15) is 46.3 Å². The van der Waals surface area contributed by atoms with Crippen LogP contribution in [0.25, 0.3) is 0 Å². The second-order valence-electron chi connectivity index (χ2n) is 8.82. The highest BCUT2D eigenvalue weighted by atomic mass is 16.5. The van der Waals surface area contributed by atoms with Gasteiger partial charge >= 0.3 is 0 Å². The summed E-state index contributed by atoms with van der Waals surface area (Å²) in [5, 5.41) is 2.99. The van der Waals surface area contributed by atoms with Crippen molar-refractivity contribution in [1.82, 2.24) is 14.5 Å². The largest absolute Gasteiger partial charge is 0.365 e. The van der Waals surface area contributed by atoms with Crippen molar-refractivity contribution in [2.24, 2.45) is 5.92 Å². The lowest BCUT2D eigenvalue weighted by Crippen LogP contribution is -2.42. The second kappa shape index (κ2) is 9.19. The molecule has 1 N–H and O–H groups in total. The minimum Gasteiger partial charge on any atom is -0.365 e. The summed E-state index contributed by atoms with van der Waals surface area (Å²) >= 11 is 0. The third kappa shape index (κ3) is 4.54. The molecule has 1 unspecified atom stereocenters. The topological polar surface area (TPSA) is 76.5 Å². The summed E-state index contributed by atoms with van der Waals surface area (Å²) in [4.78, 5) is 32.1. The van der Waals surface area contributed by atoms with Crippen LogP contribution in [0, 0.1) is 12.8 Å². The lowest BCUT2D eigenvalue weighted by atomic mass is 9.95. The molecule has 1 fully saturated rings.